The third-order valence-electron chi connectivity index (χ3n) is 6.25. The molecule has 1 N–H and O–H groups in total. The standard InChI is InChI=1S/C20H27N3O/c1-13(11-23-12-21-18-5-3-4-6-19(18)23)20(24)22-14(2)17-10-15-7-8-16(17)9-15/h3-6,12-17H,7-11H2,1-2H3,(H,22,24)/t13-,14+,15+,16+,17-/m1/s1. The van der Waals surface area contributed by atoms with Crippen molar-refractivity contribution in [2.24, 2.45) is 23.7 Å². The number of fused-ring (bicyclic) bond motifs is 3. The van der Waals surface area contributed by atoms with E-state index in [2.05, 4.69) is 27.9 Å². The largest absolute Gasteiger partial charge is 0.353 e. The zero-order chi connectivity index (χ0) is 16.7. The molecule has 2 aliphatic carbocycles. The van der Waals surface area contributed by atoms with Crippen molar-refractivity contribution in [2.75, 3.05) is 0 Å². The molecule has 0 unspecified atom stereocenters. The monoisotopic (exact) mass is 325 g/mol. The van der Waals surface area contributed by atoms with E-state index in [0.29, 0.717) is 18.5 Å². The van der Waals surface area contributed by atoms with Gasteiger partial charge in [0.1, 0.15) is 0 Å². The van der Waals surface area contributed by atoms with E-state index in [1.807, 2.05) is 31.5 Å². The van der Waals surface area contributed by atoms with Crippen LogP contribution in [-0.2, 0) is 11.3 Å². The van der Waals surface area contributed by atoms with Crippen LogP contribution in [0.2, 0.25) is 0 Å². The maximum absolute atomic E-state index is 12.6. The van der Waals surface area contributed by atoms with Crippen LogP contribution in [-0.4, -0.2) is 21.5 Å². The van der Waals surface area contributed by atoms with E-state index in [1.165, 1.54) is 25.7 Å². The van der Waals surface area contributed by atoms with Crippen LogP contribution in [0.5, 0.6) is 0 Å². The number of nitrogens with zero attached hydrogens (tertiary/aromatic N) is 2. The van der Waals surface area contributed by atoms with Crippen LogP contribution in [0.15, 0.2) is 30.6 Å². The Morgan fingerprint density at radius 3 is 2.88 bits per heavy atom. The predicted molar refractivity (Wildman–Crippen MR) is 95.4 cm³/mol. The first-order valence-corrected chi connectivity index (χ1v) is 9.32. The topological polar surface area (TPSA) is 46.9 Å². The zero-order valence-corrected chi connectivity index (χ0v) is 14.6. The summed E-state index contributed by atoms with van der Waals surface area (Å²) in [6, 6.07) is 8.38. The summed E-state index contributed by atoms with van der Waals surface area (Å²) in [5, 5.41) is 3.29. The molecule has 0 spiro atoms. The third-order valence-corrected chi connectivity index (χ3v) is 6.25. The van der Waals surface area contributed by atoms with Gasteiger partial charge in [-0.3, -0.25) is 4.79 Å². The van der Waals surface area contributed by atoms with Crippen molar-refractivity contribution in [3.05, 3.63) is 30.6 Å². The SMILES string of the molecule is C[C@H](Cn1cnc2ccccc21)C(=O)N[C@@H](C)[C@H]1C[C@H]2CC[C@H]1C2. The first kappa shape index (κ1) is 15.7. The van der Waals surface area contributed by atoms with Crippen molar-refractivity contribution in [1.82, 2.24) is 14.9 Å². The minimum absolute atomic E-state index is 0.0522. The second-order valence-electron chi connectivity index (χ2n) is 7.92. The molecule has 4 heteroatoms. The average Bonchev–Trinajstić information content (AvgIpc) is 3.30. The molecular weight excluding hydrogens is 298 g/mol. The summed E-state index contributed by atoms with van der Waals surface area (Å²) in [5.41, 5.74) is 2.08. The third kappa shape index (κ3) is 2.83. The summed E-state index contributed by atoms with van der Waals surface area (Å²) in [6.45, 7) is 4.88. The molecule has 2 aliphatic rings. The van der Waals surface area contributed by atoms with Crippen molar-refractivity contribution < 1.29 is 4.79 Å². The minimum Gasteiger partial charge on any atom is -0.353 e. The van der Waals surface area contributed by atoms with E-state index in [-0.39, 0.29) is 11.8 Å². The number of imidazole rings is 1. The fourth-order valence-corrected chi connectivity index (χ4v) is 4.91. The van der Waals surface area contributed by atoms with Crippen LogP contribution >= 0.6 is 0 Å². The van der Waals surface area contributed by atoms with Crippen LogP contribution in [0, 0.1) is 23.7 Å². The molecule has 2 fully saturated rings. The smallest absolute Gasteiger partial charge is 0.224 e. The number of rotatable bonds is 5. The van der Waals surface area contributed by atoms with Gasteiger partial charge in [-0.1, -0.05) is 25.5 Å². The van der Waals surface area contributed by atoms with Crippen molar-refractivity contribution >= 4 is 16.9 Å². The van der Waals surface area contributed by atoms with Gasteiger partial charge in [-0.05, 0) is 56.1 Å². The van der Waals surface area contributed by atoms with E-state index in [9.17, 15) is 4.79 Å². The maximum Gasteiger partial charge on any atom is 0.224 e. The molecule has 2 saturated carbocycles. The highest BCUT2D eigenvalue weighted by molar-refractivity contribution is 5.79. The highest BCUT2D eigenvalue weighted by Gasteiger charge is 2.42. The molecule has 4 rings (SSSR count). The molecule has 5 atom stereocenters. The lowest BCUT2D eigenvalue weighted by Crippen LogP contribution is -2.43. The Hall–Kier alpha value is -1.84. The van der Waals surface area contributed by atoms with E-state index in [0.717, 1.165) is 22.9 Å². The molecular formula is C20H27N3O. The maximum atomic E-state index is 12.6. The van der Waals surface area contributed by atoms with Crippen LogP contribution < -0.4 is 5.32 Å². The number of carbonyl (C=O) groups excluding carboxylic acids is 1. The Bertz CT molecular complexity index is 737. The molecule has 0 saturated heterocycles. The Labute approximate surface area is 143 Å². The fraction of sp³-hybridized carbons (Fsp3) is 0.600. The molecule has 128 valence electrons. The van der Waals surface area contributed by atoms with Crippen molar-refractivity contribution in [3.8, 4) is 0 Å². The van der Waals surface area contributed by atoms with Gasteiger partial charge in [0.25, 0.3) is 0 Å². The van der Waals surface area contributed by atoms with E-state index in [1.54, 1.807) is 0 Å². The first-order valence-electron chi connectivity index (χ1n) is 9.32. The van der Waals surface area contributed by atoms with Crippen LogP contribution in [0.3, 0.4) is 0 Å². The van der Waals surface area contributed by atoms with Gasteiger partial charge >= 0.3 is 0 Å². The van der Waals surface area contributed by atoms with Crippen molar-refractivity contribution in [1.29, 1.82) is 0 Å². The number of hydrogen-bond acceptors (Lipinski definition) is 2. The highest BCUT2D eigenvalue weighted by Crippen LogP contribution is 2.49. The molecule has 4 nitrogen and oxygen atoms in total. The molecule has 1 heterocycles. The van der Waals surface area contributed by atoms with E-state index >= 15 is 0 Å². The van der Waals surface area contributed by atoms with Gasteiger partial charge in [-0.2, -0.15) is 0 Å². The lowest BCUT2D eigenvalue weighted by atomic mass is 9.84. The van der Waals surface area contributed by atoms with Crippen molar-refractivity contribution in [2.45, 2.75) is 52.1 Å². The van der Waals surface area contributed by atoms with Crippen LogP contribution in [0.1, 0.15) is 39.5 Å². The van der Waals surface area contributed by atoms with Gasteiger partial charge in [0.05, 0.1) is 23.3 Å². The number of para-hydroxylation sites is 2. The van der Waals surface area contributed by atoms with Gasteiger partial charge in [-0.15, -0.1) is 0 Å². The predicted octanol–water partition coefficient (Wildman–Crippen LogP) is 3.61. The fourth-order valence-electron chi connectivity index (χ4n) is 4.91. The lowest BCUT2D eigenvalue weighted by molar-refractivity contribution is -0.126. The molecule has 1 aromatic heterocycles. The number of nitrogens with one attached hydrogen (secondary N) is 1. The number of amides is 1. The summed E-state index contributed by atoms with van der Waals surface area (Å²) in [6.07, 6.45) is 7.32. The zero-order valence-electron chi connectivity index (χ0n) is 14.6. The second-order valence-corrected chi connectivity index (χ2v) is 7.92. The van der Waals surface area contributed by atoms with E-state index in [4.69, 9.17) is 0 Å². The molecule has 0 aliphatic heterocycles. The van der Waals surface area contributed by atoms with Gasteiger partial charge in [0.2, 0.25) is 5.91 Å². The van der Waals surface area contributed by atoms with E-state index < -0.39 is 0 Å². The summed E-state index contributed by atoms with van der Waals surface area (Å²) in [7, 11) is 0. The number of carbonyl (C=O) groups is 1. The Morgan fingerprint density at radius 2 is 2.12 bits per heavy atom. The summed E-state index contributed by atoms with van der Waals surface area (Å²) in [5.74, 6) is 2.58. The first-order chi connectivity index (χ1) is 11.6. The summed E-state index contributed by atoms with van der Waals surface area (Å²) in [4.78, 5) is 17.0. The number of benzene rings is 1. The molecule has 24 heavy (non-hydrogen) atoms. The highest BCUT2D eigenvalue weighted by atomic mass is 16.1. The second kappa shape index (κ2) is 6.23. The van der Waals surface area contributed by atoms with Gasteiger partial charge in [0.15, 0.2) is 0 Å². The average molecular weight is 325 g/mol. The number of aromatic nitrogens is 2. The Kier molecular flexibility index (Phi) is 4.07. The van der Waals surface area contributed by atoms with Gasteiger partial charge in [-0.25, -0.2) is 4.98 Å². The molecule has 1 amide bonds. The molecule has 2 aromatic rings. The minimum atomic E-state index is -0.0522. The Morgan fingerprint density at radius 1 is 1.29 bits per heavy atom. The van der Waals surface area contributed by atoms with Crippen LogP contribution in [0.4, 0.5) is 0 Å². The van der Waals surface area contributed by atoms with Gasteiger partial charge in [0, 0.05) is 12.6 Å². The van der Waals surface area contributed by atoms with Gasteiger partial charge < -0.3 is 9.88 Å². The van der Waals surface area contributed by atoms with Crippen LogP contribution in [0.25, 0.3) is 11.0 Å². The van der Waals surface area contributed by atoms with Crippen molar-refractivity contribution in [3.63, 3.8) is 0 Å². The normalized spacial score (nSPS) is 28.2. The quantitative estimate of drug-likeness (QED) is 0.913. The molecule has 0 radical (unpaired) electrons. The lowest BCUT2D eigenvalue weighted by Gasteiger charge is -2.29. The summed E-state index contributed by atoms with van der Waals surface area (Å²) >= 11 is 0. The number of hydrogen-bond donors (Lipinski definition) is 1. The summed E-state index contributed by atoms with van der Waals surface area (Å²) < 4.78 is 2.09. The Balaban J connectivity index is 1.37. The molecule has 1 aromatic carbocycles. The molecule has 2 bridgehead atoms.